The number of anilines is 1. The number of nitrogens with zero attached hydrogens (tertiary/aromatic N) is 5. The summed E-state index contributed by atoms with van der Waals surface area (Å²) in [6, 6.07) is 16.4. The number of unbranched alkanes of at least 4 members (excludes halogenated alkanes) is 1. The summed E-state index contributed by atoms with van der Waals surface area (Å²) in [6.07, 6.45) is 12.1. The first kappa shape index (κ1) is 22.0. The SMILES string of the molecule is O=C(Nc1cnccn1)c1cccc2c1ncn2CCCCN1CC=C(c2ccccc2)CC1. The van der Waals surface area contributed by atoms with E-state index in [1.807, 2.05) is 18.5 Å². The van der Waals surface area contributed by atoms with Crippen LogP contribution in [0.15, 0.2) is 79.5 Å². The number of carbonyl (C=O) groups excluding carboxylic acids is 1. The number of aryl methyl sites for hydroxylation is 1. The monoisotopic (exact) mass is 452 g/mol. The van der Waals surface area contributed by atoms with Gasteiger partial charge in [-0.25, -0.2) is 9.97 Å². The topological polar surface area (TPSA) is 75.9 Å². The highest BCUT2D eigenvalue weighted by atomic mass is 16.1. The van der Waals surface area contributed by atoms with Crippen LogP contribution in [0.25, 0.3) is 16.6 Å². The Morgan fingerprint density at radius 2 is 1.85 bits per heavy atom. The maximum Gasteiger partial charge on any atom is 0.259 e. The van der Waals surface area contributed by atoms with Gasteiger partial charge in [0.15, 0.2) is 5.82 Å². The first-order valence-corrected chi connectivity index (χ1v) is 11.8. The molecule has 0 fully saturated rings. The molecular weight excluding hydrogens is 424 g/mol. The van der Waals surface area contributed by atoms with Crippen LogP contribution < -0.4 is 5.32 Å². The van der Waals surface area contributed by atoms with Crippen LogP contribution in [0.4, 0.5) is 5.82 Å². The maximum atomic E-state index is 12.7. The van der Waals surface area contributed by atoms with Crippen LogP contribution in [0.2, 0.25) is 0 Å². The Morgan fingerprint density at radius 1 is 0.971 bits per heavy atom. The fourth-order valence-electron chi connectivity index (χ4n) is 4.44. The standard InChI is InChI=1S/C27H28N6O/c34-27(31-25-19-28-13-14-29-25)23-9-6-10-24-26(23)30-20-33(24)16-5-4-15-32-17-11-22(12-18-32)21-7-2-1-3-8-21/h1-3,6-11,13-14,19-20H,4-5,12,15-18H2,(H,29,31,34). The molecule has 1 aliphatic rings. The van der Waals surface area contributed by atoms with Crippen molar-refractivity contribution in [3.05, 3.63) is 90.7 Å². The molecule has 0 atom stereocenters. The number of para-hydroxylation sites is 1. The quantitative estimate of drug-likeness (QED) is 0.394. The van der Waals surface area contributed by atoms with Gasteiger partial charge < -0.3 is 9.88 Å². The van der Waals surface area contributed by atoms with Crippen molar-refractivity contribution in [2.75, 3.05) is 25.0 Å². The van der Waals surface area contributed by atoms with E-state index in [1.54, 1.807) is 18.5 Å². The number of hydrogen-bond acceptors (Lipinski definition) is 5. The molecule has 0 saturated carbocycles. The lowest BCUT2D eigenvalue weighted by Crippen LogP contribution is -2.29. The molecular formula is C27H28N6O. The van der Waals surface area contributed by atoms with Crippen LogP contribution in [0, 0.1) is 0 Å². The van der Waals surface area contributed by atoms with Gasteiger partial charge in [-0.1, -0.05) is 42.5 Å². The van der Waals surface area contributed by atoms with Crippen LogP contribution in [0.3, 0.4) is 0 Å². The van der Waals surface area contributed by atoms with Gasteiger partial charge >= 0.3 is 0 Å². The molecule has 0 spiro atoms. The van der Waals surface area contributed by atoms with Gasteiger partial charge in [-0.05, 0) is 49.1 Å². The number of aromatic nitrogens is 4. The highest BCUT2D eigenvalue weighted by molar-refractivity contribution is 6.11. The molecule has 2 aromatic carbocycles. The van der Waals surface area contributed by atoms with Gasteiger partial charge in [-0.15, -0.1) is 0 Å². The normalized spacial score (nSPS) is 14.2. The summed E-state index contributed by atoms with van der Waals surface area (Å²) in [5, 5.41) is 2.79. The van der Waals surface area contributed by atoms with E-state index in [9.17, 15) is 4.79 Å². The lowest BCUT2D eigenvalue weighted by molar-refractivity contribution is 0.102. The molecule has 4 aromatic rings. The van der Waals surface area contributed by atoms with E-state index in [0.717, 1.165) is 51.0 Å². The molecule has 7 nitrogen and oxygen atoms in total. The van der Waals surface area contributed by atoms with E-state index in [0.29, 0.717) is 16.9 Å². The summed E-state index contributed by atoms with van der Waals surface area (Å²) in [5.41, 5.74) is 5.02. The van der Waals surface area contributed by atoms with Crippen molar-refractivity contribution in [2.24, 2.45) is 0 Å². The molecule has 0 saturated heterocycles. The number of fused-ring (bicyclic) bond motifs is 1. The van der Waals surface area contributed by atoms with Gasteiger partial charge in [-0.2, -0.15) is 0 Å². The third-order valence-corrected chi connectivity index (χ3v) is 6.26. The van der Waals surface area contributed by atoms with E-state index in [2.05, 4.69) is 66.1 Å². The molecule has 2 aromatic heterocycles. The molecule has 3 heterocycles. The first-order chi connectivity index (χ1) is 16.8. The second-order valence-corrected chi connectivity index (χ2v) is 8.51. The Morgan fingerprint density at radius 3 is 2.65 bits per heavy atom. The summed E-state index contributed by atoms with van der Waals surface area (Å²) in [7, 11) is 0. The van der Waals surface area contributed by atoms with Crippen molar-refractivity contribution in [2.45, 2.75) is 25.8 Å². The summed E-state index contributed by atoms with van der Waals surface area (Å²) in [6.45, 7) is 4.10. The molecule has 1 N–H and O–H groups in total. The van der Waals surface area contributed by atoms with Crippen molar-refractivity contribution in [3.63, 3.8) is 0 Å². The van der Waals surface area contributed by atoms with Crippen LogP contribution in [-0.2, 0) is 6.54 Å². The summed E-state index contributed by atoms with van der Waals surface area (Å²) < 4.78 is 2.14. The molecule has 5 rings (SSSR count). The molecule has 0 bridgehead atoms. The second kappa shape index (κ2) is 10.4. The molecule has 1 amide bonds. The number of rotatable bonds is 8. The third kappa shape index (κ3) is 5.05. The largest absolute Gasteiger partial charge is 0.331 e. The third-order valence-electron chi connectivity index (χ3n) is 6.26. The van der Waals surface area contributed by atoms with Crippen LogP contribution in [0.5, 0.6) is 0 Å². The first-order valence-electron chi connectivity index (χ1n) is 11.8. The predicted octanol–water partition coefficient (Wildman–Crippen LogP) is 4.65. The summed E-state index contributed by atoms with van der Waals surface area (Å²) in [5.74, 6) is 0.191. The minimum Gasteiger partial charge on any atom is -0.331 e. The van der Waals surface area contributed by atoms with E-state index < -0.39 is 0 Å². The number of nitrogens with one attached hydrogen (secondary N) is 1. The number of amides is 1. The van der Waals surface area contributed by atoms with Crippen molar-refractivity contribution < 1.29 is 4.79 Å². The molecule has 172 valence electrons. The zero-order valence-electron chi connectivity index (χ0n) is 19.1. The molecule has 1 aliphatic heterocycles. The van der Waals surface area contributed by atoms with Crippen molar-refractivity contribution in [3.8, 4) is 0 Å². The Labute approximate surface area is 199 Å². The second-order valence-electron chi connectivity index (χ2n) is 8.51. The Balaban J connectivity index is 1.15. The minimum atomic E-state index is -0.232. The number of hydrogen-bond donors (Lipinski definition) is 1. The van der Waals surface area contributed by atoms with Crippen molar-refractivity contribution >= 4 is 28.3 Å². The minimum absolute atomic E-state index is 0.232. The summed E-state index contributed by atoms with van der Waals surface area (Å²) in [4.78, 5) is 27.9. The van der Waals surface area contributed by atoms with Gasteiger partial charge in [0.25, 0.3) is 5.91 Å². The number of carbonyl (C=O) groups is 1. The van der Waals surface area contributed by atoms with Crippen LogP contribution >= 0.6 is 0 Å². The molecule has 0 radical (unpaired) electrons. The van der Waals surface area contributed by atoms with E-state index in [4.69, 9.17) is 0 Å². The van der Waals surface area contributed by atoms with Gasteiger partial charge in [0.1, 0.15) is 5.52 Å². The molecule has 0 aliphatic carbocycles. The highest BCUT2D eigenvalue weighted by Gasteiger charge is 2.15. The Bertz CT molecular complexity index is 1280. The average Bonchev–Trinajstić information content (AvgIpc) is 3.31. The average molecular weight is 453 g/mol. The van der Waals surface area contributed by atoms with Crippen LogP contribution in [0.1, 0.15) is 35.2 Å². The van der Waals surface area contributed by atoms with E-state index in [1.165, 1.54) is 17.3 Å². The molecule has 7 heteroatoms. The maximum absolute atomic E-state index is 12.7. The van der Waals surface area contributed by atoms with Crippen molar-refractivity contribution in [1.29, 1.82) is 0 Å². The Hall–Kier alpha value is -3.84. The fraction of sp³-hybridized carbons (Fsp3) is 0.259. The number of benzene rings is 2. The van der Waals surface area contributed by atoms with E-state index >= 15 is 0 Å². The van der Waals surface area contributed by atoms with Gasteiger partial charge in [0.05, 0.1) is 23.6 Å². The predicted molar refractivity (Wildman–Crippen MR) is 134 cm³/mol. The van der Waals surface area contributed by atoms with Crippen molar-refractivity contribution in [1.82, 2.24) is 24.4 Å². The van der Waals surface area contributed by atoms with E-state index in [-0.39, 0.29) is 5.91 Å². The van der Waals surface area contributed by atoms with Gasteiger partial charge in [-0.3, -0.25) is 14.7 Å². The molecule has 0 unspecified atom stereocenters. The highest BCUT2D eigenvalue weighted by Crippen LogP contribution is 2.22. The summed E-state index contributed by atoms with van der Waals surface area (Å²) >= 11 is 0. The number of imidazole rings is 1. The fourth-order valence-corrected chi connectivity index (χ4v) is 4.44. The van der Waals surface area contributed by atoms with Crippen LogP contribution in [-0.4, -0.2) is 50.0 Å². The lowest BCUT2D eigenvalue weighted by atomic mass is 9.99. The van der Waals surface area contributed by atoms with Gasteiger partial charge in [0, 0.05) is 32.0 Å². The zero-order chi connectivity index (χ0) is 23.2. The van der Waals surface area contributed by atoms with Gasteiger partial charge in [0.2, 0.25) is 0 Å². The smallest absolute Gasteiger partial charge is 0.259 e. The molecule has 34 heavy (non-hydrogen) atoms. The lowest BCUT2D eigenvalue weighted by Gasteiger charge is -2.26. The Kier molecular flexibility index (Phi) is 6.72. The zero-order valence-corrected chi connectivity index (χ0v) is 19.1.